The fraction of sp³-hybridized carbons (Fsp3) is 0.400. The maximum Gasteiger partial charge on any atom is 0.0266 e. The van der Waals surface area contributed by atoms with Crippen LogP contribution in [0.25, 0.3) is 0 Å². The third kappa shape index (κ3) is 1.81. The van der Waals surface area contributed by atoms with E-state index in [1.54, 1.807) is 0 Å². The molecule has 0 saturated carbocycles. The summed E-state index contributed by atoms with van der Waals surface area (Å²) in [7, 11) is 0. The number of hydrogen-bond donors (Lipinski definition) is 1. The van der Waals surface area contributed by atoms with Crippen molar-refractivity contribution in [3.8, 4) is 0 Å². The molecule has 0 unspecified atom stereocenters. The minimum absolute atomic E-state index is 0.147. The summed E-state index contributed by atoms with van der Waals surface area (Å²) >= 11 is 0. The van der Waals surface area contributed by atoms with Crippen LogP contribution >= 0.6 is 0 Å². The predicted molar refractivity (Wildman–Crippen MR) is 48.5 cm³/mol. The van der Waals surface area contributed by atoms with Gasteiger partial charge in [-0.3, -0.25) is 0 Å². The monoisotopic (exact) mass is 149 g/mol. The Hall–Kier alpha value is -0.820. The molecule has 0 spiro atoms. The van der Waals surface area contributed by atoms with Crippen molar-refractivity contribution < 1.29 is 0 Å². The molecule has 2 N–H and O–H groups in total. The van der Waals surface area contributed by atoms with Crippen LogP contribution in [0.5, 0.6) is 0 Å². The number of benzene rings is 1. The minimum Gasteiger partial charge on any atom is -0.324 e. The van der Waals surface area contributed by atoms with E-state index in [0.717, 1.165) is 0 Å². The lowest BCUT2D eigenvalue weighted by Crippen LogP contribution is -2.05. The Morgan fingerprint density at radius 3 is 2.27 bits per heavy atom. The molecule has 0 aromatic heterocycles. The molecule has 1 heteroatoms. The summed E-state index contributed by atoms with van der Waals surface area (Å²) in [5.41, 5.74) is 9.60. The van der Waals surface area contributed by atoms with Crippen molar-refractivity contribution >= 4 is 0 Å². The average Bonchev–Trinajstić information content (AvgIpc) is 1.94. The smallest absolute Gasteiger partial charge is 0.0266 e. The molecule has 0 radical (unpaired) electrons. The Morgan fingerprint density at radius 2 is 1.82 bits per heavy atom. The Labute approximate surface area is 68.2 Å². The molecular weight excluding hydrogens is 134 g/mol. The van der Waals surface area contributed by atoms with Crippen molar-refractivity contribution in [1.82, 2.24) is 0 Å². The Balaban J connectivity index is 3.05. The summed E-state index contributed by atoms with van der Waals surface area (Å²) in [5, 5.41) is 0. The largest absolute Gasteiger partial charge is 0.324 e. The van der Waals surface area contributed by atoms with Gasteiger partial charge in [0.05, 0.1) is 0 Å². The second-order valence-electron chi connectivity index (χ2n) is 3.13. The average molecular weight is 149 g/mol. The molecule has 0 amide bonds. The van der Waals surface area contributed by atoms with Crippen molar-refractivity contribution in [2.45, 2.75) is 26.8 Å². The lowest BCUT2D eigenvalue weighted by Gasteiger charge is -2.07. The third-order valence-corrected chi connectivity index (χ3v) is 2.06. The van der Waals surface area contributed by atoms with E-state index in [-0.39, 0.29) is 6.04 Å². The number of hydrogen-bond acceptors (Lipinski definition) is 1. The van der Waals surface area contributed by atoms with Crippen LogP contribution < -0.4 is 5.73 Å². The molecule has 60 valence electrons. The highest BCUT2D eigenvalue weighted by atomic mass is 14.6. The van der Waals surface area contributed by atoms with Crippen molar-refractivity contribution in [2.24, 2.45) is 5.73 Å². The van der Waals surface area contributed by atoms with Crippen LogP contribution in [-0.4, -0.2) is 0 Å². The highest BCUT2D eigenvalue weighted by molar-refractivity contribution is 5.31. The quantitative estimate of drug-likeness (QED) is 0.651. The molecule has 1 aromatic rings. The van der Waals surface area contributed by atoms with Crippen LogP contribution in [0.2, 0.25) is 0 Å². The third-order valence-electron chi connectivity index (χ3n) is 2.06. The van der Waals surface area contributed by atoms with Gasteiger partial charge in [0.15, 0.2) is 0 Å². The molecule has 0 bridgehead atoms. The van der Waals surface area contributed by atoms with Gasteiger partial charge in [-0.25, -0.2) is 0 Å². The second-order valence-corrected chi connectivity index (χ2v) is 3.13. The summed E-state index contributed by atoms with van der Waals surface area (Å²) in [6.45, 7) is 6.23. The lowest BCUT2D eigenvalue weighted by atomic mass is 10.0. The van der Waals surface area contributed by atoms with E-state index in [0.29, 0.717) is 0 Å². The van der Waals surface area contributed by atoms with E-state index >= 15 is 0 Å². The van der Waals surface area contributed by atoms with Gasteiger partial charge < -0.3 is 5.73 Å². The molecule has 0 heterocycles. The molecule has 0 saturated heterocycles. The molecule has 1 rings (SSSR count). The first-order valence-electron chi connectivity index (χ1n) is 3.94. The topological polar surface area (TPSA) is 26.0 Å². The summed E-state index contributed by atoms with van der Waals surface area (Å²) in [5.74, 6) is 0. The molecule has 1 nitrogen and oxygen atoms in total. The van der Waals surface area contributed by atoms with Crippen molar-refractivity contribution in [1.29, 1.82) is 0 Å². The molecule has 0 fully saturated rings. The Bertz CT molecular complexity index is 251. The van der Waals surface area contributed by atoms with Gasteiger partial charge in [0, 0.05) is 6.04 Å². The maximum atomic E-state index is 5.73. The van der Waals surface area contributed by atoms with Crippen LogP contribution in [0.4, 0.5) is 0 Å². The fourth-order valence-electron chi connectivity index (χ4n) is 1.05. The van der Waals surface area contributed by atoms with Crippen LogP contribution in [0, 0.1) is 13.8 Å². The van der Waals surface area contributed by atoms with Crippen LogP contribution in [-0.2, 0) is 0 Å². The van der Waals surface area contributed by atoms with Gasteiger partial charge in [-0.1, -0.05) is 18.2 Å². The lowest BCUT2D eigenvalue weighted by molar-refractivity contribution is 0.816. The zero-order chi connectivity index (χ0) is 8.43. The van der Waals surface area contributed by atoms with E-state index in [4.69, 9.17) is 5.73 Å². The first kappa shape index (κ1) is 8.28. The van der Waals surface area contributed by atoms with E-state index < -0.39 is 0 Å². The summed E-state index contributed by atoms with van der Waals surface area (Å²) in [6, 6.07) is 6.51. The SMILES string of the molecule is Cc1ccc([C@H](C)N)cc1C. The highest BCUT2D eigenvalue weighted by Gasteiger charge is 1.99. The van der Waals surface area contributed by atoms with Gasteiger partial charge in [0.2, 0.25) is 0 Å². The van der Waals surface area contributed by atoms with Crippen molar-refractivity contribution in [3.63, 3.8) is 0 Å². The normalized spacial score (nSPS) is 13.1. The summed E-state index contributed by atoms with van der Waals surface area (Å²) in [4.78, 5) is 0. The number of aryl methyl sites for hydroxylation is 2. The summed E-state index contributed by atoms with van der Waals surface area (Å²) in [6.07, 6.45) is 0. The summed E-state index contributed by atoms with van der Waals surface area (Å²) < 4.78 is 0. The van der Waals surface area contributed by atoms with Crippen molar-refractivity contribution in [3.05, 3.63) is 34.9 Å². The molecular formula is C10H15N. The molecule has 0 aliphatic carbocycles. The van der Waals surface area contributed by atoms with Gasteiger partial charge >= 0.3 is 0 Å². The van der Waals surface area contributed by atoms with E-state index in [9.17, 15) is 0 Å². The molecule has 0 aliphatic heterocycles. The Morgan fingerprint density at radius 1 is 1.18 bits per heavy atom. The van der Waals surface area contributed by atoms with Gasteiger partial charge in [-0.2, -0.15) is 0 Å². The van der Waals surface area contributed by atoms with Crippen LogP contribution in [0.15, 0.2) is 18.2 Å². The number of rotatable bonds is 1. The van der Waals surface area contributed by atoms with Gasteiger partial charge in [0.1, 0.15) is 0 Å². The Kier molecular flexibility index (Phi) is 2.30. The molecule has 1 atom stereocenters. The maximum absolute atomic E-state index is 5.73. The van der Waals surface area contributed by atoms with E-state index in [1.807, 2.05) is 6.92 Å². The van der Waals surface area contributed by atoms with Crippen LogP contribution in [0.1, 0.15) is 29.7 Å². The number of nitrogens with two attached hydrogens (primary N) is 1. The minimum atomic E-state index is 0.147. The first-order valence-corrected chi connectivity index (χ1v) is 3.94. The van der Waals surface area contributed by atoms with Gasteiger partial charge in [0.25, 0.3) is 0 Å². The van der Waals surface area contributed by atoms with E-state index in [1.165, 1.54) is 16.7 Å². The molecule has 0 aliphatic rings. The first-order chi connectivity index (χ1) is 5.11. The molecule has 11 heavy (non-hydrogen) atoms. The fourth-order valence-corrected chi connectivity index (χ4v) is 1.05. The zero-order valence-electron chi connectivity index (χ0n) is 7.39. The standard InChI is InChI=1S/C10H15N/c1-7-4-5-10(9(3)11)6-8(7)2/h4-6,9H,11H2,1-3H3/t9-/m0/s1. The second kappa shape index (κ2) is 3.05. The molecule has 1 aromatic carbocycles. The van der Waals surface area contributed by atoms with Crippen molar-refractivity contribution in [2.75, 3.05) is 0 Å². The zero-order valence-corrected chi connectivity index (χ0v) is 7.39. The van der Waals surface area contributed by atoms with E-state index in [2.05, 4.69) is 32.0 Å². The van der Waals surface area contributed by atoms with Crippen LogP contribution in [0.3, 0.4) is 0 Å². The van der Waals surface area contributed by atoms with Gasteiger partial charge in [-0.05, 0) is 37.5 Å². The predicted octanol–water partition coefficient (Wildman–Crippen LogP) is 2.32. The van der Waals surface area contributed by atoms with Gasteiger partial charge in [-0.15, -0.1) is 0 Å². The highest BCUT2D eigenvalue weighted by Crippen LogP contribution is 2.14.